The van der Waals surface area contributed by atoms with Gasteiger partial charge in [0, 0.05) is 22.5 Å². The number of hydrogen-bond acceptors (Lipinski definition) is 6. The number of carbonyl (C=O) groups is 2. The number of nitrogens with zero attached hydrogens (tertiary/aromatic N) is 2. The van der Waals surface area contributed by atoms with Gasteiger partial charge in [-0.15, -0.1) is 0 Å². The molecule has 1 aromatic heterocycles. The van der Waals surface area contributed by atoms with Gasteiger partial charge in [0.2, 0.25) is 11.9 Å². The number of carbonyl (C=O) groups excluding carboxylic acids is 2. The molecule has 3 aromatic carbocycles. The minimum absolute atomic E-state index is 0.158. The zero-order valence-corrected chi connectivity index (χ0v) is 21.1. The van der Waals surface area contributed by atoms with Gasteiger partial charge in [0.1, 0.15) is 5.02 Å². The molecule has 0 saturated heterocycles. The van der Waals surface area contributed by atoms with Gasteiger partial charge in [0.05, 0.1) is 17.6 Å². The normalized spacial score (nSPS) is 13.0. The number of aromatic nitrogens is 2. The molecule has 2 heterocycles. The van der Waals surface area contributed by atoms with Gasteiger partial charge in [0.15, 0.2) is 5.82 Å². The Morgan fingerprint density at radius 3 is 2.55 bits per heavy atom. The Hall–Kier alpha value is -4.95. The van der Waals surface area contributed by atoms with Crippen molar-refractivity contribution in [2.75, 3.05) is 21.3 Å². The first-order valence-electron chi connectivity index (χ1n) is 11.7. The maximum atomic E-state index is 12.7. The van der Waals surface area contributed by atoms with Crippen molar-refractivity contribution in [1.29, 1.82) is 0 Å². The molecular weight excluding hydrogens is 500 g/mol. The van der Waals surface area contributed by atoms with E-state index in [9.17, 15) is 9.59 Å². The van der Waals surface area contributed by atoms with Crippen LogP contribution in [0.5, 0.6) is 0 Å². The van der Waals surface area contributed by atoms with E-state index < -0.39 is 0 Å². The Bertz CT molecular complexity index is 1600. The second-order valence-electron chi connectivity index (χ2n) is 8.56. The number of hydrogen-bond donors (Lipinski definition) is 4. The highest BCUT2D eigenvalue weighted by Gasteiger charge is 2.24. The molecule has 1 aliphatic rings. The monoisotopic (exact) mass is 522 g/mol. The molecule has 0 saturated carbocycles. The first kappa shape index (κ1) is 24.7. The van der Waals surface area contributed by atoms with Crippen molar-refractivity contribution in [3.05, 3.63) is 107 Å². The lowest BCUT2D eigenvalue weighted by atomic mass is 10.0. The second-order valence-corrected chi connectivity index (χ2v) is 8.97. The Kier molecular flexibility index (Phi) is 6.88. The van der Waals surface area contributed by atoms with Gasteiger partial charge in [0.25, 0.3) is 5.91 Å². The molecule has 0 fully saturated rings. The summed E-state index contributed by atoms with van der Waals surface area (Å²) in [6.07, 6.45) is 4.54. The van der Waals surface area contributed by atoms with E-state index in [1.807, 2.05) is 61.5 Å². The zero-order chi connectivity index (χ0) is 26.6. The largest absolute Gasteiger partial charge is 0.337 e. The maximum absolute atomic E-state index is 12.7. The molecule has 4 N–H and O–H groups in total. The van der Waals surface area contributed by atoms with Crippen molar-refractivity contribution >= 4 is 69.6 Å². The second kappa shape index (κ2) is 10.6. The number of benzene rings is 3. The van der Waals surface area contributed by atoms with Crippen LogP contribution in [0, 0.1) is 6.92 Å². The van der Waals surface area contributed by atoms with Gasteiger partial charge in [-0.3, -0.25) is 9.59 Å². The molecule has 0 unspecified atom stereocenters. The molecule has 9 heteroatoms. The highest BCUT2D eigenvalue weighted by molar-refractivity contribution is 6.35. The summed E-state index contributed by atoms with van der Waals surface area (Å²) in [6, 6.07) is 20.7. The molecule has 5 rings (SSSR count). The summed E-state index contributed by atoms with van der Waals surface area (Å²) in [7, 11) is 0. The smallest absolute Gasteiger partial charge is 0.256 e. The number of para-hydroxylation sites is 2. The molecule has 0 radical (unpaired) electrons. The van der Waals surface area contributed by atoms with Crippen LogP contribution in [0.25, 0.3) is 11.6 Å². The number of nitrogens with one attached hydrogen (secondary N) is 4. The molecule has 38 heavy (non-hydrogen) atoms. The molecule has 1 aliphatic heterocycles. The predicted molar refractivity (Wildman–Crippen MR) is 153 cm³/mol. The Balaban J connectivity index is 1.40. The topological polar surface area (TPSA) is 108 Å². The fraction of sp³-hybridized carbons (Fsp3) is 0.0345. The molecule has 0 aliphatic carbocycles. The first-order valence-corrected chi connectivity index (χ1v) is 12.1. The standard InChI is InChI=1S/C29H23ClN6O2/c1-3-26(37)33-24-6-4-5-7-25(24)34-27-22(30)16-31-29(36-27)32-19-12-13-23-20(15-19)21(28(38)35-23)14-18-10-8-17(2)9-11-18/h3-16H,1H2,2H3,(H,33,37)(H,35,38)(H2,31,32,34,36). The van der Waals surface area contributed by atoms with Gasteiger partial charge >= 0.3 is 0 Å². The van der Waals surface area contributed by atoms with Crippen LogP contribution in [0.3, 0.4) is 0 Å². The maximum Gasteiger partial charge on any atom is 0.256 e. The lowest BCUT2D eigenvalue weighted by Gasteiger charge is -2.14. The Labute approximate surface area is 224 Å². The number of anilines is 6. The first-order chi connectivity index (χ1) is 18.4. The third kappa shape index (κ3) is 5.40. The van der Waals surface area contributed by atoms with E-state index in [0.717, 1.165) is 22.4 Å². The van der Waals surface area contributed by atoms with Crippen LogP contribution in [-0.2, 0) is 9.59 Å². The summed E-state index contributed by atoms with van der Waals surface area (Å²) in [5, 5.41) is 12.3. The van der Waals surface area contributed by atoms with Gasteiger partial charge < -0.3 is 21.3 Å². The highest BCUT2D eigenvalue weighted by Crippen LogP contribution is 2.36. The highest BCUT2D eigenvalue weighted by atomic mass is 35.5. The summed E-state index contributed by atoms with van der Waals surface area (Å²) in [5.74, 6) is 0.151. The van der Waals surface area contributed by atoms with Gasteiger partial charge in [-0.05, 0) is 55.0 Å². The number of halogens is 1. The van der Waals surface area contributed by atoms with E-state index in [1.165, 1.54) is 12.3 Å². The minimum atomic E-state index is -0.337. The third-order valence-electron chi connectivity index (χ3n) is 5.81. The van der Waals surface area contributed by atoms with Crippen LogP contribution < -0.4 is 21.3 Å². The van der Waals surface area contributed by atoms with E-state index >= 15 is 0 Å². The average Bonchev–Trinajstić information content (AvgIpc) is 3.22. The van der Waals surface area contributed by atoms with Crippen LogP contribution in [0.15, 0.2) is 85.6 Å². The molecular formula is C29H23ClN6O2. The van der Waals surface area contributed by atoms with E-state index in [2.05, 4.69) is 37.8 Å². The average molecular weight is 523 g/mol. The van der Waals surface area contributed by atoms with E-state index in [1.54, 1.807) is 18.2 Å². The molecule has 0 spiro atoms. The Morgan fingerprint density at radius 1 is 1.03 bits per heavy atom. The molecule has 0 bridgehead atoms. The molecule has 2 amide bonds. The molecule has 8 nitrogen and oxygen atoms in total. The summed E-state index contributed by atoms with van der Waals surface area (Å²) in [4.78, 5) is 33.3. The fourth-order valence-corrected chi connectivity index (χ4v) is 4.03. The van der Waals surface area contributed by atoms with Gasteiger partial charge in [-0.25, -0.2) is 4.98 Å². The van der Waals surface area contributed by atoms with Crippen molar-refractivity contribution in [1.82, 2.24) is 9.97 Å². The van der Waals surface area contributed by atoms with Crippen molar-refractivity contribution in [3.8, 4) is 0 Å². The molecule has 4 aromatic rings. The fourth-order valence-electron chi connectivity index (χ4n) is 3.90. The summed E-state index contributed by atoms with van der Waals surface area (Å²) in [5.41, 5.74) is 6.01. The van der Waals surface area contributed by atoms with Crippen LogP contribution >= 0.6 is 11.6 Å². The van der Waals surface area contributed by atoms with Crippen molar-refractivity contribution in [2.24, 2.45) is 0 Å². The van der Waals surface area contributed by atoms with Crippen LogP contribution in [0.1, 0.15) is 16.7 Å². The number of aryl methyl sites for hydroxylation is 1. The predicted octanol–water partition coefficient (Wildman–Crippen LogP) is 6.54. The number of amides is 2. The molecule has 188 valence electrons. The Morgan fingerprint density at radius 2 is 1.79 bits per heavy atom. The third-order valence-corrected chi connectivity index (χ3v) is 6.09. The summed E-state index contributed by atoms with van der Waals surface area (Å²) >= 11 is 6.36. The zero-order valence-electron chi connectivity index (χ0n) is 20.4. The minimum Gasteiger partial charge on any atom is -0.337 e. The van der Waals surface area contributed by atoms with E-state index in [0.29, 0.717) is 39.4 Å². The number of rotatable bonds is 7. The van der Waals surface area contributed by atoms with Crippen molar-refractivity contribution in [3.63, 3.8) is 0 Å². The lowest BCUT2D eigenvalue weighted by molar-refractivity contribution is -0.112. The van der Waals surface area contributed by atoms with E-state index in [-0.39, 0.29) is 11.8 Å². The SMILES string of the molecule is C=CC(=O)Nc1ccccc1Nc1nc(Nc2ccc3c(c2)C(=Cc2ccc(C)cc2)C(=O)N3)ncc1Cl. The van der Waals surface area contributed by atoms with Crippen LogP contribution in [0.2, 0.25) is 5.02 Å². The summed E-state index contributed by atoms with van der Waals surface area (Å²) < 4.78 is 0. The van der Waals surface area contributed by atoms with Crippen molar-refractivity contribution in [2.45, 2.75) is 6.92 Å². The number of fused-ring (bicyclic) bond motifs is 1. The van der Waals surface area contributed by atoms with Gasteiger partial charge in [-0.1, -0.05) is 60.1 Å². The quantitative estimate of drug-likeness (QED) is 0.205. The van der Waals surface area contributed by atoms with Crippen molar-refractivity contribution < 1.29 is 9.59 Å². The lowest BCUT2D eigenvalue weighted by Crippen LogP contribution is -2.09. The molecule has 0 atom stereocenters. The van der Waals surface area contributed by atoms with Crippen LogP contribution in [0.4, 0.5) is 34.5 Å². The van der Waals surface area contributed by atoms with E-state index in [4.69, 9.17) is 11.6 Å². The van der Waals surface area contributed by atoms with Gasteiger partial charge in [-0.2, -0.15) is 4.98 Å². The van der Waals surface area contributed by atoms with Crippen LogP contribution in [-0.4, -0.2) is 21.8 Å². The summed E-state index contributed by atoms with van der Waals surface area (Å²) in [6.45, 7) is 5.50.